The lowest BCUT2D eigenvalue weighted by atomic mass is 10.1. The van der Waals surface area contributed by atoms with Gasteiger partial charge in [0, 0.05) is 48.8 Å². The minimum atomic E-state index is -0.453. The van der Waals surface area contributed by atoms with Crippen LogP contribution >= 0.6 is 11.6 Å². The Morgan fingerprint density at radius 1 is 1.23 bits per heavy atom. The third-order valence-electron chi connectivity index (χ3n) is 4.93. The second-order valence-electron chi connectivity index (χ2n) is 7.36. The molecule has 35 heavy (non-hydrogen) atoms. The van der Waals surface area contributed by atoms with Crippen molar-refractivity contribution in [1.82, 2.24) is 24.8 Å². The number of nitrogens with one attached hydrogen (secondary N) is 2. The Labute approximate surface area is 210 Å². The van der Waals surface area contributed by atoms with Crippen LogP contribution in [0.1, 0.15) is 48.3 Å². The van der Waals surface area contributed by atoms with Gasteiger partial charge in [0.15, 0.2) is 0 Å². The first kappa shape index (κ1) is 28.2. The van der Waals surface area contributed by atoms with Gasteiger partial charge in [-0.25, -0.2) is 14.4 Å². The number of hydrogen-bond acceptors (Lipinski definition) is 7. The van der Waals surface area contributed by atoms with Crippen molar-refractivity contribution in [2.45, 2.75) is 46.2 Å². The minimum Gasteiger partial charge on any atom is -0.381 e. The summed E-state index contributed by atoms with van der Waals surface area (Å²) in [5.41, 5.74) is 6.13. The zero-order valence-corrected chi connectivity index (χ0v) is 21.3. The molecular weight excluding hydrogens is 473 g/mol. The van der Waals surface area contributed by atoms with Crippen molar-refractivity contribution in [3.8, 4) is 5.82 Å². The maximum Gasteiger partial charge on any atom is 0.271 e. The van der Waals surface area contributed by atoms with E-state index in [0.29, 0.717) is 17.3 Å². The number of amides is 1. The van der Waals surface area contributed by atoms with E-state index in [1.54, 1.807) is 23.0 Å². The van der Waals surface area contributed by atoms with Gasteiger partial charge in [-0.3, -0.25) is 9.36 Å². The van der Waals surface area contributed by atoms with Gasteiger partial charge in [-0.1, -0.05) is 25.4 Å². The summed E-state index contributed by atoms with van der Waals surface area (Å²) in [6.45, 7) is 7.46. The molecule has 11 heteroatoms. The highest BCUT2D eigenvalue weighted by Gasteiger charge is 2.16. The lowest BCUT2D eigenvalue weighted by molar-refractivity contribution is 0.0903. The molecule has 3 heterocycles. The van der Waals surface area contributed by atoms with Gasteiger partial charge in [-0.05, 0) is 50.6 Å². The molecule has 1 amide bonds. The van der Waals surface area contributed by atoms with E-state index in [2.05, 4.69) is 31.3 Å². The van der Waals surface area contributed by atoms with E-state index in [4.69, 9.17) is 16.3 Å². The minimum absolute atomic E-state index is 0.134. The van der Waals surface area contributed by atoms with Crippen LogP contribution < -0.4 is 16.4 Å². The van der Waals surface area contributed by atoms with Gasteiger partial charge in [0.05, 0.1) is 0 Å². The molecule has 0 radical (unpaired) electrons. The molecule has 3 aromatic rings. The fourth-order valence-corrected chi connectivity index (χ4v) is 3.57. The van der Waals surface area contributed by atoms with Gasteiger partial charge in [-0.15, -0.1) is 0 Å². The number of nitrogens with two attached hydrogens (primary N) is 1. The van der Waals surface area contributed by atoms with Crippen LogP contribution in [0.3, 0.4) is 0 Å². The van der Waals surface area contributed by atoms with Crippen LogP contribution in [-0.2, 0) is 11.3 Å². The lowest BCUT2D eigenvalue weighted by Crippen LogP contribution is -2.28. The van der Waals surface area contributed by atoms with Crippen LogP contribution in [0.25, 0.3) is 5.82 Å². The number of aromatic nitrogens is 4. The Morgan fingerprint density at radius 2 is 1.94 bits per heavy atom. The molecule has 0 spiro atoms. The van der Waals surface area contributed by atoms with Crippen molar-refractivity contribution in [3.63, 3.8) is 0 Å². The molecule has 4 rings (SSSR count). The van der Waals surface area contributed by atoms with Crippen LogP contribution in [0.4, 0.5) is 10.3 Å². The number of halogens is 2. The summed E-state index contributed by atoms with van der Waals surface area (Å²) in [5.74, 6) is 0.319. The van der Waals surface area contributed by atoms with Gasteiger partial charge in [-0.2, -0.15) is 4.98 Å². The first-order valence-corrected chi connectivity index (χ1v) is 11.9. The lowest BCUT2D eigenvalue weighted by Gasteiger charge is -2.23. The molecule has 1 aliphatic rings. The number of carbonyl (C=O) groups excluding carboxylic acids is 1. The van der Waals surface area contributed by atoms with Crippen LogP contribution in [0.5, 0.6) is 0 Å². The average Bonchev–Trinajstić information content (AvgIpc) is 3.37. The van der Waals surface area contributed by atoms with E-state index in [9.17, 15) is 9.18 Å². The Kier molecular flexibility index (Phi) is 11.5. The average molecular weight is 506 g/mol. The number of aryl methyl sites for hydroxylation is 1. The number of benzene rings is 1. The molecule has 1 fully saturated rings. The zero-order chi connectivity index (χ0) is 25.8. The standard InChI is InChI=1S/C21H22ClFN6O2.C2H6.CH5N/c1-13-9-25-21(27-17-2-4-31-5-3-17)28-19(13)29-11-18(26-12-29)20(30)24-10-14-6-15(22)8-16(23)7-14;2*1-2/h6-9,11-12,17H,2-5,10H2,1H3,(H,24,30)(H,25,27,28);1-2H3;2H2,1H3. The molecule has 1 saturated heterocycles. The second-order valence-corrected chi connectivity index (χ2v) is 7.79. The van der Waals surface area contributed by atoms with Gasteiger partial charge in [0.2, 0.25) is 5.95 Å². The molecular formula is C24H33ClFN7O2. The molecule has 0 atom stereocenters. The van der Waals surface area contributed by atoms with E-state index < -0.39 is 5.82 Å². The Hall–Kier alpha value is -3.08. The monoisotopic (exact) mass is 505 g/mol. The summed E-state index contributed by atoms with van der Waals surface area (Å²) in [7, 11) is 1.50. The maximum atomic E-state index is 13.4. The number of hydrogen-bond donors (Lipinski definition) is 3. The molecule has 2 aromatic heterocycles. The first-order chi connectivity index (χ1) is 17.0. The molecule has 9 nitrogen and oxygen atoms in total. The van der Waals surface area contributed by atoms with Crippen molar-refractivity contribution in [1.29, 1.82) is 0 Å². The van der Waals surface area contributed by atoms with Crippen molar-refractivity contribution >= 4 is 23.5 Å². The third kappa shape index (κ3) is 8.27. The van der Waals surface area contributed by atoms with E-state index >= 15 is 0 Å². The predicted octanol–water partition coefficient (Wildman–Crippen LogP) is 3.89. The predicted molar refractivity (Wildman–Crippen MR) is 135 cm³/mol. The number of imidazole rings is 1. The van der Waals surface area contributed by atoms with Gasteiger partial charge >= 0.3 is 0 Å². The summed E-state index contributed by atoms with van der Waals surface area (Å²) in [5, 5.41) is 6.33. The number of nitrogens with zero attached hydrogens (tertiary/aromatic N) is 4. The van der Waals surface area contributed by atoms with Gasteiger partial charge in [0.1, 0.15) is 23.7 Å². The highest BCUT2D eigenvalue weighted by Crippen LogP contribution is 2.17. The summed E-state index contributed by atoms with van der Waals surface area (Å²) in [6.07, 6.45) is 6.66. The molecule has 1 aliphatic heterocycles. The molecule has 0 unspecified atom stereocenters. The second kappa shape index (κ2) is 14.3. The van der Waals surface area contributed by atoms with Crippen LogP contribution in [-0.4, -0.2) is 51.7 Å². The van der Waals surface area contributed by atoms with Gasteiger partial charge in [0.25, 0.3) is 5.91 Å². The van der Waals surface area contributed by atoms with Crippen LogP contribution in [0.15, 0.2) is 36.9 Å². The topological polar surface area (TPSA) is 120 Å². The largest absolute Gasteiger partial charge is 0.381 e. The number of rotatable bonds is 6. The summed E-state index contributed by atoms with van der Waals surface area (Å²) >= 11 is 5.85. The number of ether oxygens (including phenoxy) is 1. The molecule has 0 saturated carbocycles. The van der Waals surface area contributed by atoms with Crippen molar-refractivity contribution in [3.05, 3.63) is 64.6 Å². The zero-order valence-electron chi connectivity index (χ0n) is 20.5. The Balaban J connectivity index is 0.00000103. The molecule has 4 N–H and O–H groups in total. The Bertz CT molecular complexity index is 1070. The normalized spacial score (nSPS) is 13.1. The fourth-order valence-electron chi connectivity index (χ4n) is 3.33. The molecule has 1 aromatic carbocycles. The third-order valence-corrected chi connectivity index (χ3v) is 5.15. The first-order valence-electron chi connectivity index (χ1n) is 11.5. The quantitative estimate of drug-likeness (QED) is 0.465. The van der Waals surface area contributed by atoms with Crippen LogP contribution in [0, 0.1) is 12.7 Å². The van der Waals surface area contributed by atoms with E-state index in [-0.39, 0.29) is 29.2 Å². The van der Waals surface area contributed by atoms with E-state index in [0.717, 1.165) is 31.6 Å². The van der Waals surface area contributed by atoms with Gasteiger partial charge < -0.3 is 21.1 Å². The number of carbonyl (C=O) groups is 1. The van der Waals surface area contributed by atoms with E-state index in [1.165, 1.54) is 25.5 Å². The summed E-state index contributed by atoms with van der Waals surface area (Å²) in [6, 6.07) is 4.40. The molecule has 0 bridgehead atoms. The smallest absolute Gasteiger partial charge is 0.271 e. The summed E-state index contributed by atoms with van der Waals surface area (Å²) < 4.78 is 20.5. The van der Waals surface area contributed by atoms with Crippen molar-refractivity contribution in [2.75, 3.05) is 25.6 Å². The Morgan fingerprint density at radius 3 is 2.63 bits per heavy atom. The van der Waals surface area contributed by atoms with Crippen LogP contribution in [0.2, 0.25) is 5.02 Å². The van der Waals surface area contributed by atoms with Crippen molar-refractivity contribution in [2.24, 2.45) is 5.73 Å². The molecule has 190 valence electrons. The maximum absolute atomic E-state index is 13.4. The van der Waals surface area contributed by atoms with Crippen molar-refractivity contribution < 1.29 is 13.9 Å². The summed E-state index contributed by atoms with van der Waals surface area (Å²) in [4.78, 5) is 25.6. The fraction of sp³-hybridized carbons (Fsp3) is 0.417. The molecule has 0 aliphatic carbocycles. The highest BCUT2D eigenvalue weighted by atomic mass is 35.5. The highest BCUT2D eigenvalue weighted by molar-refractivity contribution is 6.30. The van der Waals surface area contributed by atoms with E-state index in [1.807, 2.05) is 20.8 Å². The SMILES string of the molecule is CC.CN.Cc1cnc(NC2CCOCC2)nc1-n1cnc(C(=O)NCc2cc(F)cc(Cl)c2)c1. The number of anilines is 1.